The number of nitrogens with one attached hydrogen (secondary N) is 1. The molecule has 0 spiro atoms. The molecule has 0 aromatic heterocycles. The number of anilines is 1. The van der Waals surface area contributed by atoms with Gasteiger partial charge in [0.05, 0.1) is 6.10 Å². The van der Waals surface area contributed by atoms with Crippen molar-refractivity contribution in [1.82, 2.24) is 0 Å². The molecular formula is C17H19BBrNO. The van der Waals surface area contributed by atoms with Crippen molar-refractivity contribution in [3.63, 3.8) is 0 Å². The van der Waals surface area contributed by atoms with Crippen LogP contribution >= 0.6 is 15.9 Å². The predicted molar refractivity (Wildman–Crippen MR) is 94.5 cm³/mol. The Bertz CT molecular complexity index is 630. The van der Waals surface area contributed by atoms with Crippen LogP contribution in [-0.4, -0.2) is 25.6 Å². The van der Waals surface area contributed by atoms with Crippen LogP contribution in [0.4, 0.5) is 5.69 Å². The summed E-state index contributed by atoms with van der Waals surface area (Å²) in [4.78, 5) is 0. The molecule has 2 rings (SSSR count). The largest absolute Gasteiger partial charge is 0.391 e. The summed E-state index contributed by atoms with van der Waals surface area (Å²) in [6, 6.07) is 12.0. The summed E-state index contributed by atoms with van der Waals surface area (Å²) >= 11 is 3.52. The van der Waals surface area contributed by atoms with Gasteiger partial charge in [0.2, 0.25) is 0 Å². The lowest BCUT2D eigenvalue weighted by Crippen LogP contribution is -2.19. The maximum absolute atomic E-state index is 9.74. The van der Waals surface area contributed by atoms with Gasteiger partial charge in [-0.15, -0.1) is 0 Å². The Morgan fingerprint density at radius 1 is 1.19 bits per heavy atom. The number of hydrogen-bond acceptors (Lipinski definition) is 2. The highest BCUT2D eigenvalue weighted by Gasteiger charge is 2.10. The molecule has 4 heteroatoms. The molecule has 0 bridgehead atoms. The SMILES string of the molecule is [B]c1ccc(NCC(O)CC)c(-c2cc(Br)ccc2C)c1. The number of benzene rings is 2. The highest BCUT2D eigenvalue weighted by molar-refractivity contribution is 9.10. The number of hydrogen-bond donors (Lipinski definition) is 2. The number of aliphatic hydroxyl groups is 1. The summed E-state index contributed by atoms with van der Waals surface area (Å²) in [6.45, 7) is 4.57. The standard InChI is InChI=1S/C17H19BBrNO/c1-3-14(21)10-20-17-7-5-12(18)8-16(17)15-9-13(19)6-4-11(15)2/h4-9,14,20-21H,3,10H2,1-2H3. The molecule has 2 nitrogen and oxygen atoms in total. The van der Waals surface area contributed by atoms with E-state index in [1.165, 1.54) is 5.56 Å². The highest BCUT2D eigenvalue weighted by atomic mass is 79.9. The fourth-order valence-electron chi connectivity index (χ4n) is 2.20. The number of aliphatic hydroxyl groups excluding tert-OH is 1. The maximum atomic E-state index is 9.74. The average molecular weight is 344 g/mol. The summed E-state index contributed by atoms with van der Waals surface area (Å²) in [5.41, 5.74) is 5.08. The van der Waals surface area contributed by atoms with Crippen LogP contribution in [0.15, 0.2) is 40.9 Å². The minimum atomic E-state index is -0.348. The number of aryl methyl sites for hydroxylation is 1. The van der Waals surface area contributed by atoms with Crippen LogP contribution in [0, 0.1) is 6.92 Å². The molecule has 108 valence electrons. The second-order valence-electron chi connectivity index (χ2n) is 5.21. The Morgan fingerprint density at radius 3 is 2.67 bits per heavy atom. The Hall–Kier alpha value is -1.26. The van der Waals surface area contributed by atoms with Gasteiger partial charge in [-0.05, 0) is 42.7 Å². The van der Waals surface area contributed by atoms with Gasteiger partial charge >= 0.3 is 0 Å². The van der Waals surface area contributed by atoms with Gasteiger partial charge in [0.1, 0.15) is 7.85 Å². The van der Waals surface area contributed by atoms with E-state index in [0.29, 0.717) is 6.54 Å². The van der Waals surface area contributed by atoms with Gasteiger partial charge in [-0.25, -0.2) is 0 Å². The van der Waals surface area contributed by atoms with Gasteiger partial charge in [0.25, 0.3) is 0 Å². The van der Waals surface area contributed by atoms with Gasteiger partial charge in [-0.3, -0.25) is 0 Å². The van der Waals surface area contributed by atoms with Crippen molar-refractivity contribution in [2.75, 3.05) is 11.9 Å². The lowest BCUT2D eigenvalue weighted by molar-refractivity contribution is 0.183. The molecule has 0 amide bonds. The summed E-state index contributed by atoms with van der Waals surface area (Å²) < 4.78 is 1.03. The fourth-order valence-corrected chi connectivity index (χ4v) is 2.56. The summed E-state index contributed by atoms with van der Waals surface area (Å²) in [7, 11) is 5.95. The van der Waals surface area contributed by atoms with Crippen molar-refractivity contribution in [2.24, 2.45) is 0 Å². The second kappa shape index (κ2) is 7.14. The molecule has 0 fully saturated rings. The van der Waals surface area contributed by atoms with Gasteiger partial charge < -0.3 is 10.4 Å². The molecule has 2 radical (unpaired) electrons. The monoisotopic (exact) mass is 343 g/mol. The van der Waals surface area contributed by atoms with Crippen LogP contribution in [0.2, 0.25) is 0 Å². The maximum Gasteiger partial charge on any atom is 0.113 e. The zero-order chi connectivity index (χ0) is 15.4. The summed E-state index contributed by atoms with van der Waals surface area (Å²) in [5.74, 6) is 0. The van der Waals surface area contributed by atoms with Gasteiger partial charge in [-0.1, -0.05) is 46.5 Å². The number of rotatable bonds is 5. The van der Waals surface area contributed by atoms with Gasteiger partial charge in [-0.2, -0.15) is 0 Å². The Labute approximate surface area is 136 Å². The molecular weight excluding hydrogens is 325 g/mol. The van der Waals surface area contributed by atoms with Crippen molar-refractivity contribution in [3.8, 4) is 11.1 Å². The predicted octanol–water partition coefficient (Wildman–Crippen LogP) is 3.40. The highest BCUT2D eigenvalue weighted by Crippen LogP contribution is 2.31. The molecule has 2 aromatic rings. The van der Waals surface area contributed by atoms with Crippen LogP contribution in [0.3, 0.4) is 0 Å². The van der Waals surface area contributed by atoms with E-state index in [1.807, 2.05) is 31.2 Å². The van der Waals surface area contributed by atoms with Gasteiger partial charge in [0, 0.05) is 22.3 Å². The first-order valence-corrected chi connectivity index (χ1v) is 7.88. The topological polar surface area (TPSA) is 32.3 Å². The third kappa shape index (κ3) is 4.11. The molecule has 1 atom stereocenters. The molecule has 1 unspecified atom stereocenters. The summed E-state index contributed by atoms with van der Waals surface area (Å²) in [6.07, 6.45) is 0.381. The third-order valence-corrected chi connectivity index (χ3v) is 4.03. The first kappa shape index (κ1) is 16.1. The Kier molecular flexibility index (Phi) is 5.48. The molecule has 21 heavy (non-hydrogen) atoms. The van der Waals surface area contributed by atoms with Crippen LogP contribution in [0.25, 0.3) is 11.1 Å². The molecule has 0 aliphatic carbocycles. The quantitative estimate of drug-likeness (QED) is 0.815. The number of halogens is 1. The van der Waals surface area contributed by atoms with E-state index < -0.39 is 0 Å². The minimum Gasteiger partial charge on any atom is -0.391 e. The lowest BCUT2D eigenvalue weighted by atomic mass is 9.90. The smallest absolute Gasteiger partial charge is 0.113 e. The molecule has 2 N–H and O–H groups in total. The Morgan fingerprint density at radius 2 is 1.95 bits per heavy atom. The van der Waals surface area contributed by atoms with Crippen LogP contribution in [0.1, 0.15) is 18.9 Å². The molecule has 0 aliphatic rings. The van der Waals surface area contributed by atoms with Crippen molar-refractivity contribution in [3.05, 3.63) is 46.4 Å². The summed E-state index contributed by atoms with van der Waals surface area (Å²) in [5, 5.41) is 13.1. The van der Waals surface area contributed by atoms with Crippen molar-refractivity contribution in [1.29, 1.82) is 0 Å². The van der Waals surface area contributed by atoms with Crippen molar-refractivity contribution >= 4 is 34.9 Å². The molecule has 0 heterocycles. The molecule has 0 aliphatic heterocycles. The van der Waals surface area contributed by atoms with E-state index in [0.717, 1.165) is 33.2 Å². The van der Waals surface area contributed by atoms with E-state index in [-0.39, 0.29) is 6.10 Å². The van der Waals surface area contributed by atoms with Crippen LogP contribution in [0.5, 0.6) is 0 Å². The van der Waals surface area contributed by atoms with Crippen LogP contribution < -0.4 is 10.8 Å². The van der Waals surface area contributed by atoms with E-state index in [1.54, 1.807) is 0 Å². The lowest BCUT2D eigenvalue weighted by Gasteiger charge is -2.17. The first-order chi connectivity index (χ1) is 10.0. The second-order valence-corrected chi connectivity index (χ2v) is 6.12. The molecule has 2 aromatic carbocycles. The van der Waals surface area contributed by atoms with Gasteiger partial charge in [0.15, 0.2) is 0 Å². The van der Waals surface area contributed by atoms with Crippen LogP contribution in [-0.2, 0) is 0 Å². The van der Waals surface area contributed by atoms with Crippen molar-refractivity contribution < 1.29 is 5.11 Å². The first-order valence-electron chi connectivity index (χ1n) is 7.09. The third-order valence-electron chi connectivity index (χ3n) is 3.53. The van der Waals surface area contributed by atoms with E-state index in [4.69, 9.17) is 7.85 Å². The van der Waals surface area contributed by atoms with E-state index >= 15 is 0 Å². The minimum absolute atomic E-state index is 0.348. The normalized spacial score (nSPS) is 12.2. The average Bonchev–Trinajstić information content (AvgIpc) is 2.48. The molecule has 0 saturated heterocycles. The zero-order valence-electron chi connectivity index (χ0n) is 12.4. The fraction of sp³-hybridized carbons (Fsp3) is 0.294. The molecule has 0 saturated carbocycles. The zero-order valence-corrected chi connectivity index (χ0v) is 13.9. The van der Waals surface area contributed by atoms with Crippen molar-refractivity contribution in [2.45, 2.75) is 26.4 Å². The Balaban J connectivity index is 2.41. The van der Waals surface area contributed by atoms with E-state index in [2.05, 4.69) is 40.3 Å². The van der Waals surface area contributed by atoms with E-state index in [9.17, 15) is 5.11 Å².